The molecule has 1 fully saturated rings. The van der Waals surface area contributed by atoms with E-state index in [4.69, 9.17) is 23.2 Å². The van der Waals surface area contributed by atoms with E-state index in [1.54, 1.807) is 0 Å². The summed E-state index contributed by atoms with van der Waals surface area (Å²) in [7, 11) is 0. The van der Waals surface area contributed by atoms with Crippen molar-refractivity contribution in [2.45, 2.75) is 44.4 Å². The summed E-state index contributed by atoms with van der Waals surface area (Å²) in [5, 5.41) is 0.864. The van der Waals surface area contributed by atoms with E-state index in [1.165, 1.54) is 5.56 Å². The van der Waals surface area contributed by atoms with Crippen LogP contribution in [0.1, 0.15) is 38.7 Å². The Bertz CT molecular complexity index is 382. The summed E-state index contributed by atoms with van der Waals surface area (Å²) in [6.07, 6.45) is 4.36. The molecule has 0 aliphatic heterocycles. The standard InChI is InChI=1S/C14H18Cl2/c1-3-13(2,14(16)8-9-14)10-11-6-4-5-7-12(11)15/h4-7H,3,8-10H2,1-2H3. The molecule has 1 aliphatic rings. The third kappa shape index (κ3) is 2.10. The molecule has 0 heterocycles. The molecule has 0 amide bonds. The fourth-order valence-electron chi connectivity index (χ4n) is 2.38. The van der Waals surface area contributed by atoms with E-state index >= 15 is 0 Å². The third-order valence-electron chi connectivity index (χ3n) is 4.09. The molecule has 1 unspecified atom stereocenters. The van der Waals surface area contributed by atoms with Crippen molar-refractivity contribution in [3.63, 3.8) is 0 Å². The molecule has 2 heteroatoms. The SMILES string of the molecule is CCC(C)(Cc1ccccc1Cl)C1(Cl)CC1. The zero-order valence-corrected chi connectivity index (χ0v) is 11.4. The van der Waals surface area contributed by atoms with E-state index in [0.717, 1.165) is 30.7 Å². The summed E-state index contributed by atoms with van der Waals surface area (Å²) < 4.78 is 0. The van der Waals surface area contributed by atoms with E-state index in [0.29, 0.717) is 0 Å². The Morgan fingerprint density at radius 1 is 1.31 bits per heavy atom. The van der Waals surface area contributed by atoms with Gasteiger partial charge in [0, 0.05) is 5.02 Å². The van der Waals surface area contributed by atoms with Gasteiger partial charge >= 0.3 is 0 Å². The normalized spacial score (nSPS) is 21.5. The fraction of sp³-hybridized carbons (Fsp3) is 0.571. The molecule has 1 atom stereocenters. The van der Waals surface area contributed by atoms with Gasteiger partial charge in [-0.15, -0.1) is 11.6 Å². The van der Waals surface area contributed by atoms with Crippen LogP contribution < -0.4 is 0 Å². The summed E-state index contributed by atoms with van der Waals surface area (Å²) in [5.41, 5.74) is 1.39. The Balaban J connectivity index is 2.22. The van der Waals surface area contributed by atoms with Crippen LogP contribution in [0.3, 0.4) is 0 Å². The predicted octanol–water partition coefficient (Wildman–Crippen LogP) is 5.07. The largest absolute Gasteiger partial charge is 0.119 e. The summed E-state index contributed by atoms with van der Waals surface area (Å²) >= 11 is 12.8. The first-order chi connectivity index (χ1) is 7.51. The van der Waals surface area contributed by atoms with Crippen LogP contribution in [0.15, 0.2) is 24.3 Å². The maximum Gasteiger partial charge on any atom is 0.0504 e. The number of benzene rings is 1. The van der Waals surface area contributed by atoms with Crippen molar-refractivity contribution < 1.29 is 0 Å². The van der Waals surface area contributed by atoms with E-state index in [1.807, 2.05) is 18.2 Å². The molecule has 0 saturated heterocycles. The van der Waals surface area contributed by atoms with Gasteiger partial charge < -0.3 is 0 Å². The molecule has 0 spiro atoms. The molecule has 0 radical (unpaired) electrons. The summed E-state index contributed by atoms with van der Waals surface area (Å²) in [4.78, 5) is 0.0148. The highest BCUT2D eigenvalue weighted by molar-refractivity contribution is 6.31. The summed E-state index contributed by atoms with van der Waals surface area (Å²) in [5.74, 6) is 0. The van der Waals surface area contributed by atoms with Gasteiger partial charge in [0.05, 0.1) is 4.87 Å². The Morgan fingerprint density at radius 3 is 2.44 bits per heavy atom. The van der Waals surface area contributed by atoms with Crippen molar-refractivity contribution in [2.75, 3.05) is 0 Å². The Kier molecular flexibility index (Phi) is 3.25. The molecule has 1 aromatic rings. The average Bonchev–Trinajstić information content (AvgIpc) is 3.01. The quantitative estimate of drug-likeness (QED) is 0.660. The highest BCUT2D eigenvalue weighted by Gasteiger charge is 2.54. The van der Waals surface area contributed by atoms with Crippen LogP contribution in [-0.2, 0) is 6.42 Å². The van der Waals surface area contributed by atoms with Crippen molar-refractivity contribution in [3.8, 4) is 0 Å². The molecule has 0 N–H and O–H groups in total. The number of rotatable bonds is 4. The van der Waals surface area contributed by atoms with Crippen LogP contribution in [0.2, 0.25) is 5.02 Å². The van der Waals surface area contributed by atoms with Gasteiger partial charge in [-0.05, 0) is 42.7 Å². The van der Waals surface area contributed by atoms with Crippen LogP contribution in [0.4, 0.5) is 0 Å². The molecule has 1 aromatic carbocycles. The van der Waals surface area contributed by atoms with E-state index < -0.39 is 0 Å². The smallest absolute Gasteiger partial charge is 0.0504 e. The first-order valence-corrected chi connectivity index (χ1v) is 6.69. The summed E-state index contributed by atoms with van der Waals surface area (Å²) in [6, 6.07) is 8.09. The van der Waals surface area contributed by atoms with Crippen LogP contribution in [0, 0.1) is 5.41 Å². The van der Waals surface area contributed by atoms with E-state index in [2.05, 4.69) is 19.9 Å². The van der Waals surface area contributed by atoms with Gasteiger partial charge in [0.2, 0.25) is 0 Å². The minimum absolute atomic E-state index is 0.0148. The minimum atomic E-state index is 0.0148. The van der Waals surface area contributed by atoms with Crippen molar-refractivity contribution in [3.05, 3.63) is 34.9 Å². The Labute approximate surface area is 108 Å². The molecule has 1 aliphatic carbocycles. The lowest BCUT2D eigenvalue weighted by molar-refractivity contribution is 0.278. The molecule has 0 nitrogen and oxygen atoms in total. The average molecular weight is 257 g/mol. The molecule has 0 bridgehead atoms. The lowest BCUT2D eigenvalue weighted by Gasteiger charge is -2.34. The maximum atomic E-state index is 6.61. The van der Waals surface area contributed by atoms with Crippen molar-refractivity contribution in [1.82, 2.24) is 0 Å². The highest BCUT2D eigenvalue weighted by Crippen LogP contribution is 2.58. The third-order valence-corrected chi connectivity index (χ3v) is 5.29. The molecular weight excluding hydrogens is 239 g/mol. The van der Waals surface area contributed by atoms with Crippen LogP contribution >= 0.6 is 23.2 Å². The molecule has 0 aromatic heterocycles. The second-order valence-electron chi connectivity index (χ2n) is 5.15. The second kappa shape index (κ2) is 4.23. The first kappa shape index (κ1) is 12.3. The number of halogens is 2. The minimum Gasteiger partial charge on any atom is -0.119 e. The maximum absolute atomic E-state index is 6.61. The van der Waals surface area contributed by atoms with Crippen LogP contribution in [0.25, 0.3) is 0 Å². The van der Waals surface area contributed by atoms with Crippen molar-refractivity contribution >= 4 is 23.2 Å². The molecular formula is C14H18Cl2. The zero-order chi connectivity index (χ0) is 11.8. The first-order valence-electron chi connectivity index (χ1n) is 5.93. The topological polar surface area (TPSA) is 0 Å². The van der Waals surface area contributed by atoms with Gasteiger partial charge in [0.15, 0.2) is 0 Å². The molecule has 16 heavy (non-hydrogen) atoms. The number of hydrogen-bond donors (Lipinski definition) is 0. The Hall–Kier alpha value is -0.200. The van der Waals surface area contributed by atoms with E-state index in [9.17, 15) is 0 Å². The second-order valence-corrected chi connectivity index (χ2v) is 6.28. The fourth-order valence-corrected chi connectivity index (χ4v) is 2.87. The highest BCUT2D eigenvalue weighted by atomic mass is 35.5. The summed E-state index contributed by atoms with van der Waals surface area (Å²) in [6.45, 7) is 4.51. The van der Waals surface area contributed by atoms with Gasteiger partial charge in [-0.25, -0.2) is 0 Å². The molecule has 88 valence electrons. The van der Waals surface area contributed by atoms with Gasteiger partial charge in [-0.1, -0.05) is 43.6 Å². The number of hydrogen-bond acceptors (Lipinski definition) is 0. The van der Waals surface area contributed by atoms with Gasteiger partial charge in [0.25, 0.3) is 0 Å². The number of alkyl halides is 1. The van der Waals surface area contributed by atoms with Gasteiger partial charge in [-0.2, -0.15) is 0 Å². The van der Waals surface area contributed by atoms with Gasteiger partial charge in [-0.3, -0.25) is 0 Å². The van der Waals surface area contributed by atoms with Crippen LogP contribution in [-0.4, -0.2) is 4.87 Å². The predicted molar refractivity (Wildman–Crippen MR) is 71.4 cm³/mol. The Morgan fingerprint density at radius 2 is 1.94 bits per heavy atom. The van der Waals surface area contributed by atoms with E-state index in [-0.39, 0.29) is 10.3 Å². The molecule has 2 rings (SSSR count). The lowest BCUT2D eigenvalue weighted by atomic mass is 9.76. The van der Waals surface area contributed by atoms with Gasteiger partial charge in [0.1, 0.15) is 0 Å². The monoisotopic (exact) mass is 256 g/mol. The van der Waals surface area contributed by atoms with Crippen LogP contribution in [0.5, 0.6) is 0 Å². The lowest BCUT2D eigenvalue weighted by Crippen LogP contribution is -2.31. The van der Waals surface area contributed by atoms with Crippen molar-refractivity contribution in [2.24, 2.45) is 5.41 Å². The zero-order valence-electron chi connectivity index (χ0n) is 9.89. The van der Waals surface area contributed by atoms with Crippen molar-refractivity contribution in [1.29, 1.82) is 0 Å². The molecule has 1 saturated carbocycles.